The molecule has 4 rings (SSSR count). The van der Waals surface area contributed by atoms with Gasteiger partial charge in [0.15, 0.2) is 5.76 Å². The molecule has 5 nitrogen and oxygen atoms in total. The molecule has 3 aromatic rings. The molecule has 0 radical (unpaired) electrons. The fraction of sp³-hybridized carbons (Fsp3) is 0.200. The molecular formula is C20H18N2O3. The van der Waals surface area contributed by atoms with E-state index in [0.29, 0.717) is 0 Å². The van der Waals surface area contributed by atoms with Crippen molar-refractivity contribution >= 4 is 11.7 Å². The summed E-state index contributed by atoms with van der Waals surface area (Å²) in [5, 5.41) is 15.9. The summed E-state index contributed by atoms with van der Waals surface area (Å²) in [6.45, 7) is 0. The third-order valence-corrected chi connectivity index (χ3v) is 4.69. The number of rotatable bonds is 4. The van der Waals surface area contributed by atoms with E-state index in [1.807, 2.05) is 31.3 Å². The highest BCUT2D eigenvalue weighted by Gasteiger charge is 2.19. The first kappa shape index (κ1) is 15.4. The van der Waals surface area contributed by atoms with Gasteiger partial charge in [0.25, 0.3) is 0 Å². The molecule has 126 valence electrons. The van der Waals surface area contributed by atoms with Gasteiger partial charge in [0.05, 0.1) is 12.6 Å². The van der Waals surface area contributed by atoms with Gasteiger partial charge in [-0.05, 0) is 46.7 Å². The van der Waals surface area contributed by atoms with Crippen LogP contribution in [0.15, 0.2) is 47.1 Å². The summed E-state index contributed by atoms with van der Waals surface area (Å²) < 4.78 is 5.39. The highest BCUT2D eigenvalue weighted by molar-refractivity contribution is 5.80. The lowest BCUT2D eigenvalue weighted by Crippen LogP contribution is -2.06. The van der Waals surface area contributed by atoms with E-state index < -0.39 is 5.97 Å². The molecule has 0 saturated carbocycles. The fourth-order valence-electron chi connectivity index (χ4n) is 3.50. The average molecular weight is 334 g/mol. The minimum atomic E-state index is -0.798. The molecule has 1 aliphatic rings. The Kier molecular flexibility index (Phi) is 3.76. The van der Waals surface area contributed by atoms with Crippen molar-refractivity contribution in [3.05, 3.63) is 59.3 Å². The number of anilines is 1. The monoisotopic (exact) mass is 334 g/mol. The molecule has 25 heavy (non-hydrogen) atoms. The summed E-state index contributed by atoms with van der Waals surface area (Å²) in [6, 6.07) is 12.3. The first-order chi connectivity index (χ1) is 12.2. The second kappa shape index (κ2) is 6.09. The van der Waals surface area contributed by atoms with Gasteiger partial charge in [-0.3, -0.25) is 4.79 Å². The number of aromatic nitrogens is 1. The van der Waals surface area contributed by atoms with E-state index in [4.69, 9.17) is 9.63 Å². The lowest BCUT2D eigenvalue weighted by atomic mass is 9.83. The van der Waals surface area contributed by atoms with Gasteiger partial charge in [0, 0.05) is 12.6 Å². The van der Waals surface area contributed by atoms with Crippen LogP contribution in [0.4, 0.5) is 5.69 Å². The Balaban J connectivity index is 1.73. The van der Waals surface area contributed by atoms with E-state index in [0.717, 1.165) is 35.4 Å². The van der Waals surface area contributed by atoms with Crippen LogP contribution in [-0.4, -0.2) is 23.3 Å². The molecule has 1 aliphatic carbocycles. The zero-order valence-corrected chi connectivity index (χ0v) is 13.9. The number of fused-ring (bicyclic) bond motifs is 3. The largest absolute Gasteiger partial charge is 0.481 e. The van der Waals surface area contributed by atoms with Crippen molar-refractivity contribution in [2.45, 2.75) is 19.3 Å². The Hall–Kier alpha value is -3.08. The van der Waals surface area contributed by atoms with Crippen LogP contribution in [0, 0.1) is 0 Å². The number of carboxylic acids is 1. The minimum absolute atomic E-state index is 0.0668. The van der Waals surface area contributed by atoms with Gasteiger partial charge >= 0.3 is 5.97 Å². The fourth-order valence-corrected chi connectivity index (χ4v) is 3.50. The first-order valence-corrected chi connectivity index (χ1v) is 8.25. The molecule has 0 aliphatic heterocycles. The quantitative estimate of drug-likeness (QED) is 0.759. The Morgan fingerprint density at radius 3 is 2.60 bits per heavy atom. The van der Waals surface area contributed by atoms with E-state index in [-0.39, 0.29) is 6.42 Å². The maximum absolute atomic E-state index is 10.9. The maximum atomic E-state index is 10.9. The van der Waals surface area contributed by atoms with Gasteiger partial charge in [-0.15, -0.1) is 0 Å². The summed E-state index contributed by atoms with van der Waals surface area (Å²) in [5.74, 6) is -0.0545. The van der Waals surface area contributed by atoms with Crippen LogP contribution in [0.5, 0.6) is 0 Å². The SMILES string of the molecule is CNc1cnoc1-c1ccc2c(c1)CCc1cc(CC(=O)O)ccc1-2. The van der Waals surface area contributed by atoms with Crippen LogP contribution in [-0.2, 0) is 24.1 Å². The molecule has 0 spiro atoms. The molecule has 0 unspecified atom stereocenters. The van der Waals surface area contributed by atoms with Crippen molar-refractivity contribution in [1.29, 1.82) is 0 Å². The zero-order valence-electron chi connectivity index (χ0n) is 13.9. The van der Waals surface area contributed by atoms with E-state index in [1.165, 1.54) is 22.3 Å². The second-order valence-corrected chi connectivity index (χ2v) is 6.25. The number of hydrogen-bond donors (Lipinski definition) is 2. The third kappa shape index (κ3) is 2.78. The maximum Gasteiger partial charge on any atom is 0.307 e. The van der Waals surface area contributed by atoms with Crippen LogP contribution in [0.1, 0.15) is 16.7 Å². The molecule has 0 atom stereocenters. The Morgan fingerprint density at radius 1 is 1.16 bits per heavy atom. The molecule has 1 heterocycles. The van der Waals surface area contributed by atoms with Crippen molar-refractivity contribution in [2.75, 3.05) is 12.4 Å². The highest BCUT2D eigenvalue weighted by atomic mass is 16.5. The van der Waals surface area contributed by atoms with Crippen LogP contribution in [0.2, 0.25) is 0 Å². The van der Waals surface area contributed by atoms with E-state index in [2.05, 4.69) is 22.6 Å². The Morgan fingerprint density at radius 2 is 1.88 bits per heavy atom. The summed E-state index contributed by atoms with van der Waals surface area (Å²) in [4.78, 5) is 10.9. The second-order valence-electron chi connectivity index (χ2n) is 6.25. The van der Waals surface area contributed by atoms with Crippen molar-refractivity contribution in [3.8, 4) is 22.5 Å². The number of aliphatic carboxylic acids is 1. The van der Waals surface area contributed by atoms with Crippen molar-refractivity contribution in [1.82, 2.24) is 5.16 Å². The topological polar surface area (TPSA) is 75.4 Å². The number of nitrogens with one attached hydrogen (secondary N) is 1. The van der Waals surface area contributed by atoms with Gasteiger partial charge in [0.2, 0.25) is 0 Å². The first-order valence-electron chi connectivity index (χ1n) is 8.25. The summed E-state index contributed by atoms with van der Waals surface area (Å²) in [7, 11) is 1.85. The van der Waals surface area contributed by atoms with Crippen molar-refractivity contribution < 1.29 is 14.4 Å². The third-order valence-electron chi connectivity index (χ3n) is 4.69. The van der Waals surface area contributed by atoms with Crippen LogP contribution in [0.25, 0.3) is 22.5 Å². The van der Waals surface area contributed by atoms with Crippen molar-refractivity contribution in [2.24, 2.45) is 0 Å². The van der Waals surface area contributed by atoms with E-state index in [1.54, 1.807) is 6.20 Å². The number of nitrogens with zero attached hydrogens (tertiary/aromatic N) is 1. The number of carboxylic acid groups (broad SMARTS) is 1. The van der Waals surface area contributed by atoms with Crippen LogP contribution >= 0.6 is 0 Å². The van der Waals surface area contributed by atoms with E-state index >= 15 is 0 Å². The van der Waals surface area contributed by atoms with Crippen LogP contribution in [0.3, 0.4) is 0 Å². The standard InChI is InChI=1S/C20H18N2O3/c1-21-18-11-22-25-20(18)15-5-7-17-14(10-15)4-3-13-8-12(9-19(23)24)2-6-16(13)17/h2,5-8,10-11,21H,3-4,9H2,1H3,(H,23,24). The number of aryl methyl sites for hydroxylation is 2. The number of hydrogen-bond acceptors (Lipinski definition) is 4. The molecule has 2 N–H and O–H groups in total. The molecule has 0 bridgehead atoms. The van der Waals surface area contributed by atoms with Crippen LogP contribution < -0.4 is 5.32 Å². The average Bonchev–Trinajstić information content (AvgIpc) is 3.09. The minimum Gasteiger partial charge on any atom is -0.481 e. The Bertz CT molecular complexity index is 959. The number of carbonyl (C=O) groups is 1. The highest BCUT2D eigenvalue weighted by Crippen LogP contribution is 2.37. The van der Waals surface area contributed by atoms with Gasteiger partial charge in [-0.2, -0.15) is 0 Å². The summed E-state index contributed by atoms with van der Waals surface area (Å²) in [5.41, 5.74) is 7.61. The molecule has 0 amide bonds. The molecule has 2 aromatic carbocycles. The molecule has 1 aromatic heterocycles. The lowest BCUT2D eigenvalue weighted by Gasteiger charge is -2.21. The summed E-state index contributed by atoms with van der Waals surface area (Å²) >= 11 is 0. The molecule has 0 saturated heterocycles. The lowest BCUT2D eigenvalue weighted by molar-refractivity contribution is -0.136. The molecule has 5 heteroatoms. The van der Waals surface area contributed by atoms with Crippen molar-refractivity contribution in [3.63, 3.8) is 0 Å². The van der Waals surface area contributed by atoms with Gasteiger partial charge in [-0.25, -0.2) is 0 Å². The summed E-state index contributed by atoms with van der Waals surface area (Å²) in [6.07, 6.45) is 3.58. The number of benzene rings is 2. The smallest absolute Gasteiger partial charge is 0.307 e. The van der Waals surface area contributed by atoms with Gasteiger partial charge in [-0.1, -0.05) is 35.5 Å². The molecule has 0 fully saturated rings. The zero-order chi connectivity index (χ0) is 17.4. The van der Waals surface area contributed by atoms with Gasteiger partial charge < -0.3 is 14.9 Å². The van der Waals surface area contributed by atoms with Gasteiger partial charge in [0.1, 0.15) is 5.69 Å². The molecular weight excluding hydrogens is 316 g/mol. The Labute approximate surface area is 145 Å². The predicted molar refractivity (Wildman–Crippen MR) is 95.7 cm³/mol. The predicted octanol–water partition coefficient (Wildman–Crippen LogP) is 3.78. The van der Waals surface area contributed by atoms with E-state index in [9.17, 15) is 4.79 Å². The normalized spacial score (nSPS) is 12.4.